The highest BCUT2D eigenvalue weighted by atomic mass is 32.1. The lowest BCUT2D eigenvalue weighted by molar-refractivity contribution is 0.436. The fraction of sp³-hybridized carbons (Fsp3) is 0.0189. The molecule has 0 N–H and O–H groups in total. The quantitative estimate of drug-likeness (QED) is 0.180. The summed E-state index contributed by atoms with van der Waals surface area (Å²) in [5, 5.41) is 1.17. The zero-order valence-electron chi connectivity index (χ0n) is 30.7. The second-order valence-corrected chi connectivity index (χ2v) is 15.9. The SMILES string of the molecule is c1ccc(-c2nc(-c3ccc(-c4cccc(-c5ccc6c(c5)C5(c7ccccc7Oc7ccccc75)c5ccccc5-6)c4)cc3)c3sc4ccccc4c3n2)cc1. The Morgan fingerprint density at radius 1 is 0.404 bits per heavy atom. The Bertz CT molecular complexity index is 3170. The number of hydrogen-bond acceptors (Lipinski definition) is 4. The Hall–Kier alpha value is -7.14. The van der Waals surface area contributed by atoms with Crippen molar-refractivity contribution in [1.82, 2.24) is 9.97 Å². The standard InChI is InChI=1S/C53H32N2OS/c1-2-13-35(14-3-1)52-54-49(51-50(55-52)41-18-5-11-24-48(41)57-51)34-27-25-33(26-28-34)36-15-12-16-37(31-36)38-29-30-40-39-17-4-6-19-42(39)53(45(40)32-38)43-20-7-9-22-46(43)56-47-23-10-8-21-44(47)53/h1-32H. The fourth-order valence-corrected chi connectivity index (χ4v) is 10.4. The Morgan fingerprint density at radius 3 is 1.77 bits per heavy atom. The predicted molar refractivity (Wildman–Crippen MR) is 234 cm³/mol. The topological polar surface area (TPSA) is 35.0 Å². The second-order valence-electron chi connectivity index (χ2n) is 14.8. The molecule has 10 aromatic rings. The molecule has 0 bridgehead atoms. The highest BCUT2D eigenvalue weighted by molar-refractivity contribution is 7.26. The minimum atomic E-state index is -0.498. The number of ether oxygens (including phenoxy) is 1. The average Bonchev–Trinajstić information content (AvgIpc) is 3.80. The summed E-state index contributed by atoms with van der Waals surface area (Å²) in [5.74, 6) is 2.55. The fourth-order valence-electron chi connectivity index (χ4n) is 9.24. The average molecular weight is 745 g/mol. The first-order valence-electron chi connectivity index (χ1n) is 19.3. The molecule has 12 rings (SSSR count). The minimum Gasteiger partial charge on any atom is -0.457 e. The predicted octanol–water partition coefficient (Wildman–Crippen LogP) is 14.0. The molecule has 0 radical (unpaired) electrons. The Morgan fingerprint density at radius 2 is 0.982 bits per heavy atom. The number of aromatic nitrogens is 2. The summed E-state index contributed by atoms with van der Waals surface area (Å²) in [7, 11) is 0. The van der Waals surface area contributed by atoms with Crippen LogP contribution in [0.4, 0.5) is 0 Å². The molecular formula is C53H32N2OS. The normalized spacial score (nSPS) is 13.2. The highest BCUT2D eigenvalue weighted by Crippen LogP contribution is 2.62. The number of nitrogens with zero attached hydrogens (tertiary/aromatic N) is 2. The van der Waals surface area contributed by atoms with Crippen molar-refractivity contribution in [2.45, 2.75) is 5.41 Å². The van der Waals surface area contributed by atoms with Crippen molar-refractivity contribution in [3.63, 3.8) is 0 Å². The molecule has 3 heterocycles. The number of rotatable bonds is 4. The van der Waals surface area contributed by atoms with E-state index in [9.17, 15) is 0 Å². The molecule has 0 saturated heterocycles. The molecule has 0 unspecified atom stereocenters. The molecule has 3 nitrogen and oxygen atoms in total. The summed E-state index contributed by atoms with van der Waals surface area (Å²) in [6.45, 7) is 0. The van der Waals surface area contributed by atoms with E-state index >= 15 is 0 Å². The summed E-state index contributed by atoms with van der Waals surface area (Å²) in [6, 6.07) is 69.6. The molecule has 266 valence electrons. The van der Waals surface area contributed by atoms with Crippen LogP contribution in [0.2, 0.25) is 0 Å². The molecule has 0 atom stereocenters. The van der Waals surface area contributed by atoms with E-state index in [-0.39, 0.29) is 0 Å². The second kappa shape index (κ2) is 12.4. The van der Waals surface area contributed by atoms with Gasteiger partial charge in [-0.15, -0.1) is 11.3 Å². The van der Waals surface area contributed by atoms with Crippen LogP contribution < -0.4 is 4.74 Å². The first kappa shape index (κ1) is 32.1. The van der Waals surface area contributed by atoms with Gasteiger partial charge < -0.3 is 4.74 Å². The van der Waals surface area contributed by atoms with Crippen LogP contribution in [0.15, 0.2) is 194 Å². The number of thiophene rings is 1. The zero-order chi connectivity index (χ0) is 37.5. The van der Waals surface area contributed by atoms with Crippen molar-refractivity contribution < 1.29 is 4.74 Å². The van der Waals surface area contributed by atoms with E-state index in [1.54, 1.807) is 11.3 Å². The van der Waals surface area contributed by atoms with Gasteiger partial charge in [0.05, 0.1) is 21.3 Å². The third-order valence-corrected chi connectivity index (χ3v) is 13.0. The number of fused-ring (bicyclic) bond motifs is 12. The van der Waals surface area contributed by atoms with Gasteiger partial charge in [-0.3, -0.25) is 0 Å². The Labute approximate surface area is 334 Å². The van der Waals surface area contributed by atoms with Crippen LogP contribution in [0, 0.1) is 0 Å². The van der Waals surface area contributed by atoms with E-state index in [0.29, 0.717) is 0 Å². The first-order valence-corrected chi connectivity index (χ1v) is 20.1. The van der Waals surface area contributed by atoms with Crippen molar-refractivity contribution in [3.8, 4) is 67.5 Å². The molecule has 8 aromatic carbocycles. The maximum Gasteiger partial charge on any atom is 0.160 e. The smallest absolute Gasteiger partial charge is 0.160 e. The molecule has 0 fully saturated rings. The maximum absolute atomic E-state index is 6.56. The van der Waals surface area contributed by atoms with Crippen LogP contribution in [-0.2, 0) is 5.41 Å². The van der Waals surface area contributed by atoms with Gasteiger partial charge in [0.25, 0.3) is 0 Å². The van der Waals surface area contributed by atoms with Crippen LogP contribution >= 0.6 is 11.3 Å². The summed E-state index contributed by atoms with van der Waals surface area (Å²) in [5.41, 5.74) is 15.7. The van der Waals surface area contributed by atoms with Gasteiger partial charge in [-0.25, -0.2) is 9.97 Å². The van der Waals surface area contributed by atoms with Gasteiger partial charge in [0, 0.05) is 32.3 Å². The van der Waals surface area contributed by atoms with E-state index in [1.165, 1.54) is 60.2 Å². The number of para-hydroxylation sites is 2. The van der Waals surface area contributed by atoms with E-state index in [0.717, 1.165) is 49.9 Å². The van der Waals surface area contributed by atoms with Gasteiger partial charge in [0.2, 0.25) is 0 Å². The molecule has 0 saturated carbocycles. The molecule has 1 aliphatic heterocycles. The zero-order valence-corrected chi connectivity index (χ0v) is 31.5. The van der Waals surface area contributed by atoms with Crippen LogP contribution in [0.5, 0.6) is 11.5 Å². The summed E-state index contributed by atoms with van der Waals surface area (Å²) in [6.07, 6.45) is 0. The van der Waals surface area contributed by atoms with Crippen LogP contribution in [0.3, 0.4) is 0 Å². The van der Waals surface area contributed by atoms with Crippen molar-refractivity contribution in [1.29, 1.82) is 0 Å². The lowest BCUT2D eigenvalue weighted by Gasteiger charge is -2.39. The van der Waals surface area contributed by atoms with E-state index in [2.05, 4.69) is 176 Å². The molecule has 0 amide bonds. The van der Waals surface area contributed by atoms with Gasteiger partial charge in [-0.05, 0) is 74.8 Å². The number of benzene rings is 8. The summed E-state index contributed by atoms with van der Waals surface area (Å²) >= 11 is 1.76. The van der Waals surface area contributed by atoms with E-state index in [1.807, 2.05) is 18.2 Å². The van der Waals surface area contributed by atoms with Gasteiger partial charge in [0.15, 0.2) is 5.82 Å². The van der Waals surface area contributed by atoms with Crippen LogP contribution in [-0.4, -0.2) is 9.97 Å². The Balaban J connectivity index is 0.965. The summed E-state index contributed by atoms with van der Waals surface area (Å²) < 4.78 is 8.89. The largest absolute Gasteiger partial charge is 0.457 e. The Kier molecular flexibility index (Phi) is 7.01. The highest BCUT2D eigenvalue weighted by Gasteiger charge is 2.51. The molecule has 2 aromatic heterocycles. The van der Waals surface area contributed by atoms with E-state index < -0.39 is 5.41 Å². The lowest BCUT2D eigenvalue weighted by atomic mass is 9.66. The van der Waals surface area contributed by atoms with Gasteiger partial charge >= 0.3 is 0 Å². The first-order chi connectivity index (χ1) is 28.2. The molecule has 4 heteroatoms. The molecular weight excluding hydrogens is 713 g/mol. The van der Waals surface area contributed by atoms with Crippen molar-refractivity contribution >= 4 is 31.6 Å². The third-order valence-electron chi connectivity index (χ3n) is 11.8. The van der Waals surface area contributed by atoms with Crippen LogP contribution in [0.1, 0.15) is 22.3 Å². The summed E-state index contributed by atoms with van der Waals surface area (Å²) in [4.78, 5) is 10.3. The van der Waals surface area contributed by atoms with Crippen molar-refractivity contribution in [2.75, 3.05) is 0 Å². The van der Waals surface area contributed by atoms with Crippen molar-refractivity contribution in [3.05, 3.63) is 216 Å². The maximum atomic E-state index is 6.56. The van der Waals surface area contributed by atoms with Gasteiger partial charge in [0.1, 0.15) is 11.5 Å². The molecule has 57 heavy (non-hydrogen) atoms. The van der Waals surface area contributed by atoms with Crippen molar-refractivity contribution in [2.24, 2.45) is 0 Å². The van der Waals surface area contributed by atoms with Crippen LogP contribution in [0.25, 0.3) is 76.3 Å². The third kappa shape index (κ3) is 4.78. The minimum absolute atomic E-state index is 0.498. The van der Waals surface area contributed by atoms with Gasteiger partial charge in [-0.2, -0.15) is 0 Å². The molecule has 1 spiro atoms. The number of hydrogen-bond donors (Lipinski definition) is 0. The van der Waals surface area contributed by atoms with E-state index in [4.69, 9.17) is 14.7 Å². The van der Waals surface area contributed by atoms with Gasteiger partial charge in [-0.1, -0.05) is 164 Å². The molecule has 1 aliphatic carbocycles. The lowest BCUT2D eigenvalue weighted by Crippen LogP contribution is -2.32. The monoisotopic (exact) mass is 744 g/mol. The molecule has 2 aliphatic rings.